The normalized spacial score (nSPS) is 15.9. The van der Waals surface area contributed by atoms with Gasteiger partial charge in [0.2, 0.25) is 5.91 Å². The first-order valence-corrected chi connectivity index (χ1v) is 5.42. The van der Waals surface area contributed by atoms with Gasteiger partial charge in [-0.3, -0.25) is 4.79 Å². The number of aliphatic hydroxyl groups excluding tert-OH is 1. The van der Waals surface area contributed by atoms with Crippen LogP contribution in [0.15, 0.2) is 0 Å². The van der Waals surface area contributed by atoms with Crippen LogP contribution in [0.3, 0.4) is 0 Å². The van der Waals surface area contributed by atoms with E-state index in [2.05, 4.69) is 0 Å². The SMILES string of the molecule is CC[C@H](C)[C@H](N)C(=O)N(C)C(C)(C)CO. The summed E-state index contributed by atoms with van der Waals surface area (Å²) < 4.78 is 0. The number of amides is 1. The van der Waals surface area contributed by atoms with Gasteiger partial charge in [-0.15, -0.1) is 0 Å². The summed E-state index contributed by atoms with van der Waals surface area (Å²) in [7, 11) is 1.68. The van der Waals surface area contributed by atoms with Crippen LogP contribution in [0.4, 0.5) is 0 Å². The van der Waals surface area contributed by atoms with Gasteiger partial charge in [0.25, 0.3) is 0 Å². The van der Waals surface area contributed by atoms with E-state index in [-0.39, 0.29) is 18.4 Å². The molecule has 0 aliphatic heterocycles. The van der Waals surface area contributed by atoms with Gasteiger partial charge in [0.1, 0.15) is 0 Å². The Morgan fingerprint density at radius 3 is 2.33 bits per heavy atom. The summed E-state index contributed by atoms with van der Waals surface area (Å²) in [5.74, 6) is 0.0536. The van der Waals surface area contributed by atoms with E-state index in [9.17, 15) is 4.79 Å². The summed E-state index contributed by atoms with van der Waals surface area (Å²) in [4.78, 5) is 13.5. The molecule has 4 heteroatoms. The molecular weight excluding hydrogens is 192 g/mol. The minimum atomic E-state index is -0.553. The summed E-state index contributed by atoms with van der Waals surface area (Å²) in [5, 5.41) is 9.16. The quantitative estimate of drug-likeness (QED) is 0.707. The fourth-order valence-corrected chi connectivity index (χ4v) is 1.13. The maximum atomic E-state index is 11.9. The number of carbonyl (C=O) groups is 1. The Bertz CT molecular complexity index is 217. The third kappa shape index (κ3) is 3.47. The van der Waals surface area contributed by atoms with Crippen LogP contribution < -0.4 is 5.73 Å². The molecule has 3 N–H and O–H groups in total. The number of hydrogen-bond donors (Lipinski definition) is 2. The molecule has 1 amide bonds. The van der Waals surface area contributed by atoms with Gasteiger partial charge in [0.05, 0.1) is 18.2 Å². The van der Waals surface area contributed by atoms with Crippen LogP contribution in [0.1, 0.15) is 34.1 Å². The highest BCUT2D eigenvalue weighted by Crippen LogP contribution is 2.15. The summed E-state index contributed by atoms with van der Waals surface area (Å²) in [6.45, 7) is 7.53. The molecule has 0 radical (unpaired) electrons. The molecule has 0 aliphatic carbocycles. The standard InChI is InChI=1S/C11H24N2O2/c1-6-8(2)9(12)10(15)13(5)11(3,4)7-14/h8-9,14H,6-7,12H2,1-5H3/t8-,9-/m0/s1. The Labute approximate surface area is 92.4 Å². The van der Waals surface area contributed by atoms with Gasteiger partial charge in [-0.05, 0) is 19.8 Å². The molecule has 0 saturated heterocycles. The Balaban J connectivity index is 4.58. The molecule has 0 spiro atoms. The highest BCUT2D eigenvalue weighted by molar-refractivity contribution is 5.82. The molecule has 2 atom stereocenters. The van der Waals surface area contributed by atoms with Crippen molar-refractivity contribution in [3.05, 3.63) is 0 Å². The first kappa shape index (κ1) is 14.4. The van der Waals surface area contributed by atoms with Crippen molar-refractivity contribution in [2.75, 3.05) is 13.7 Å². The Hall–Kier alpha value is -0.610. The number of nitrogens with two attached hydrogens (primary N) is 1. The molecule has 0 aromatic rings. The van der Waals surface area contributed by atoms with Crippen LogP contribution in [0.25, 0.3) is 0 Å². The molecule has 0 aromatic carbocycles. The second-order valence-electron chi connectivity index (χ2n) is 4.78. The van der Waals surface area contributed by atoms with Crippen LogP contribution in [0, 0.1) is 5.92 Å². The second-order valence-corrected chi connectivity index (χ2v) is 4.78. The molecule has 0 aromatic heterocycles. The van der Waals surface area contributed by atoms with Gasteiger partial charge in [0, 0.05) is 7.05 Å². The third-order valence-electron chi connectivity index (χ3n) is 3.17. The topological polar surface area (TPSA) is 66.6 Å². The lowest BCUT2D eigenvalue weighted by molar-refractivity contribution is -0.138. The van der Waals surface area contributed by atoms with Gasteiger partial charge < -0.3 is 15.7 Å². The predicted molar refractivity (Wildman–Crippen MR) is 61.4 cm³/mol. The first-order valence-electron chi connectivity index (χ1n) is 5.42. The maximum Gasteiger partial charge on any atom is 0.240 e. The molecule has 15 heavy (non-hydrogen) atoms. The molecule has 0 aliphatic rings. The third-order valence-corrected chi connectivity index (χ3v) is 3.17. The van der Waals surface area contributed by atoms with Gasteiger partial charge in [-0.25, -0.2) is 0 Å². The summed E-state index contributed by atoms with van der Waals surface area (Å²) in [5.41, 5.74) is 5.30. The average Bonchev–Trinajstić information content (AvgIpc) is 2.24. The lowest BCUT2D eigenvalue weighted by atomic mass is 9.96. The Kier molecular flexibility index (Phi) is 5.24. The minimum Gasteiger partial charge on any atom is -0.394 e. The molecule has 0 rings (SSSR count). The van der Waals surface area contributed by atoms with Crippen LogP contribution in [-0.2, 0) is 4.79 Å². The van der Waals surface area contributed by atoms with Crippen molar-refractivity contribution in [1.82, 2.24) is 4.90 Å². The lowest BCUT2D eigenvalue weighted by Crippen LogP contribution is -2.54. The molecule has 4 nitrogen and oxygen atoms in total. The van der Waals surface area contributed by atoms with Crippen molar-refractivity contribution < 1.29 is 9.90 Å². The number of likely N-dealkylation sites (N-methyl/N-ethyl adjacent to an activating group) is 1. The zero-order valence-corrected chi connectivity index (χ0v) is 10.4. The van der Waals surface area contributed by atoms with E-state index < -0.39 is 11.6 Å². The van der Waals surface area contributed by atoms with E-state index in [4.69, 9.17) is 10.8 Å². The molecular formula is C11H24N2O2. The lowest BCUT2D eigenvalue weighted by Gasteiger charge is -2.36. The zero-order chi connectivity index (χ0) is 12.2. The average molecular weight is 216 g/mol. The van der Waals surface area contributed by atoms with Crippen LogP contribution >= 0.6 is 0 Å². The monoisotopic (exact) mass is 216 g/mol. The van der Waals surface area contributed by atoms with E-state index in [0.717, 1.165) is 6.42 Å². The van der Waals surface area contributed by atoms with E-state index in [1.165, 1.54) is 4.90 Å². The fraction of sp³-hybridized carbons (Fsp3) is 0.909. The molecule has 0 saturated carbocycles. The highest BCUT2D eigenvalue weighted by Gasteiger charge is 2.31. The largest absolute Gasteiger partial charge is 0.394 e. The predicted octanol–water partition coefficient (Wildman–Crippen LogP) is 0.589. The first-order chi connectivity index (χ1) is 6.77. The van der Waals surface area contributed by atoms with E-state index in [1.807, 2.05) is 27.7 Å². The molecule has 0 heterocycles. The number of carbonyl (C=O) groups excluding carboxylic acids is 1. The van der Waals surface area contributed by atoms with Crippen molar-refractivity contribution in [2.24, 2.45) is 11.7 Å². The van der Waals surface area contributed by atoms with E-state index >= 15 is 0 Å². The second kappa shape index (κ2) is 5.47. The zero-order valence-electron chi connectivity index (χ0n) is 10.4. The Morgan fingerprint density at radius 1 is 1.53 bits per heavy atom. The summed E-state index contributed by atoms with van der Waals surface area (Å²) >= 11 is 0. The van der Waals surface area contributed by atoms with E-state index in [0.29, 0.717) is 0 Å². The highest BCUT2D eigenvalue weighted by atomic mass is 16.3. The van der Waals surface area contributed by atoms with Crippen LogP contribution in [-0.4, -0.2) is 41.1 Å². The van der Waals surface area contributed by atoms with Gasteiger partial charge in [-0.1, -0.05) is 20.3 Å². The molecule has 0 fully saturated rings. The number of aliphatic hydroxyl groups is 1. The van der Waals surface area contributed by atoms with Gasteiger partial charge >= 0.3 is 0 Å². The minimum absolute atomic E-state index is 0.0670. The van der Waals surface area contributed by atoms with Gasteiger partial charge in [-0.2, -0.15) is 0 Å². The summed E-state index contributed by atoms with van der Waals surface area (Å²) in [6, 6.07) is -0.481. The number of hydrogen-bond acceptors (Lipinski definition) is 3. The van der Waals surface area contributed by atoms with Crippen molar-refractivity contribution in [3.63, 3.8) is 0 Å². The number of rotatable bonds is 5. The van der Waals surface area contributed by atoms with Crippen LogP contribution in [0.5, 0.6) is 0 Å². The fourth-order valence-electron chi connectivity index (χ4n) is 1.13. The van der Waals surface area contributed by atoms with Gasteiger partial charge in [0.15, 0.2) is 0 Å². The summed E-state index contributed by atoms with van der Waals surface area (Å²) in [6.07, 6.45) is 0.875. The Morgan fingerprint density at radius 2 is 2.00 bits per heavy atom. The molecule has 90 valence electrons. The smallest absolute Gasteiger partial charge is 0.240 e. The van der Waals surface area contributed by atoms with Crippen molar-refractivity contribution in [1.29, 1.82) is 0 Å². The molecule has 0 bridgehead atoms. The number of nitrogens with zero attached hydrogens (tertiary/aromatic N) is 1. The van der Waals surface area contributed by atoms with E-state index in [1.54, 1.807) is 7.05 Å². The van der Waals surface area contributed by atoms with Crippen molar-refractivity contribution in [2.45, 2.75) is 45.7 Å². The maximum absolute atomic E-state index is 11.9. The van der Waals surface area contributed by atoms with Crippen molar-refractivity contribution in [3.8, 4) is 0 Å². The van der Waals surface area contributed by atoms with Crippen molar-refractivity contribution >= 4 is 5.91 Å². The molecule has 0 unspecified atom stereocenters. The van der Waals surface area contributed by atoms with Crippen LogP contribution in [0.2, 0.25) is 0 Å².